The topological polar surface area (TPSA) is 50.2 Å². The van der Waals surface area contributed by atoms with Crippen LogP contribution in [0.5, 0.6) is 0 Å². The lowest BCUT2D eigenvalue weighted by molar-refractivity contribution is 0.998. The van der Waals surface area contributed by atoms with Gasteiger partial charge < -0.3 is 5.32 Å². The van der Waals surface area contributed by atoms with Crippen molar-refractivity contribution in [3.8, 4) is 0 Å². The SMILES string of the molecule is Cc1ccc(NC2=NCc3nccnc32)cc1C. The Morgan fingerprint density at radius 2 is 1.89 bits per heavy atom. The van der Waals surface area contributed by atoms with Crippen LogP contribution in [0.1, 0.15) is 22.5 Å². The van der Waals surface area contributed by atoms with E-state index in [1.807, 2.05) is 0 Å². The number of aryl methyl sites for hydroxylation is 2. The fourth-order valence-electron chi connectivity index (χ4n) is 1.96. The third kappa shape index (κ3) is 1.86. The molecule has 4 nitrogen and oxygen atoms in total. The summed E-state index contributed by atoms with van der Waals surface area (Å²) < 4.78 is 0. The summed E-state index contributed by atoms with van der Waals surface area (Å²) in [6, 6.07) is 6.27. The molecular weight excluding hydrogens is 224 g/mol. The number of amidine groups is 1. The molecule has 0 bridgehead atoms. The molecule has 1 aliphatic heterocycles. The molecule has 0 spiro atoms. The number of rotatable bonds is 1. The molecule has 1 aliphatic rings. The van der Waals surface area contributed by atoms with E-state index in [9.17, 15) is 0 Å². The van der Waals surface area contributed by atoms with Crippen molar-refractivity contribution in [2.24, 2.45) is 4.99 Å². The van der Waals surface area contributed by atoms with E-state index in [4.69, 9.17) is 0 Å². The van der Waals surface area contributed by atoms with Crippen LogP contribution in [0.3, 0.4) is 0 Å². The Kier molecular flexibility index (Phi) is 2.55. The highest BCUT2D eigenvalue weighted by Gasteiger charge is 2.18. The summed E-state index contributed by atoms with van der Waals surface area (Å²) in [5, 5.41) is 3.31. The van der Waals surface area contributed by atoms with Gasteiger partial charge in [-0.25, -0.2) is 4.98 Å². The first kappa shape index (κ1) is 10.9. The molecule has 3 rings (SSSR count). The van der Waals surface area contributed by atoms with E-state index >= 15 is 0 Å². The van der Waals surface area contributed by atoms with E-state index in [1.54, 1.807) is 12.4 Å². The van der Waals surface area contributed by atoms with Gasteiger partial charge >= 0.3 is 0 Å². The maximum absolute atomic E-state index is 4.43. The molecule has 90 valence electrons. The number of aliphatic imine (C=N–C) groups is 1. The molecule has 18 heavy (non-hydrogen) atoms. The summed E-state index contributed by atoms with van der Waals surface area (Å²) in [6.45, 7) is 4.81. The van der Waals surface area contributed by atoms with Crippen molar-refractivity contribution in [2.45, 2.75) is 20.4 Å². The van der Waals surface area contributed by atoms with Crippen LogP contribution >= 0.6 is 0 Å². The van der Waals surface area contributed by atoms with E-state index in [2.05, 4.69) is 52.3 Å². The Bertz CT molecular complexity index is 631. The lowest BCUT2D eigenvalue weighted by Gasteiger charge is -2.08. The fraction of sp³-hybridized carbons (Fsp3) is 0.214. The van der Waals surface area contributed by atoms with Gasteiger partial charge in [0.1, 0.15) is 5.69 Å². The largest absolute Gasteiger partial charge is 0.339 e. The highest BCUT2D eigenvalue weighted by Crippen LogP contribution is 2.18. The summed E-state index contributed by atoms with van der Waals surface area (Å²) in [5.41, 5.74) is 5.38. The number of hydrogen-bond donors (Lipinski definition) is 1. The Labute approximate surface area is 106 Å². The molecule has 0 aliphatic carbocycles. The van der Waals surface area contributed by atoms with E-state index in [1.165, 1.54) is 11.1 Å². The minimum Gasteiger partial charge on any atom is -0.339 e. The van der Waals surface area contributed by atoms with Crippen LogP contribution < -0.4 is 5.32 Å². The van der Waals surface area contributed by atoms with Crippen LogP contribution in [0.15, 0.2) is 35.6 Å². The second-order valence-electron chi connectivity index (χ2n) is 4.44. The van der Waals surface area contributed by atoms with Crippen molar-refractivity contribution >= 4 is 11.5 Å². The van der Waals surface area contributed by atoms with E-state index in [0.29, 0.717) is 6.54 Å². The maximum Gasteiger partial charge on any atom is 0.154 e. The van der Waals surface area contributed by atoms with Gasteiger partial charge in [0.2, 0.25) is 0 Å². The van der Waals surface area contributed by atoms with Crippen molar-refractivity contribution in [1.82, 2.24) is 9.97 Å². The van der Waals surface area contributed by atoms with Gasteiger partial charge in [-0.3, -0.25) is 9.98 Å². The van der Waals surface area contributed by atoms with Gasteiger partial charge in [0.05, 0.1) is 12.2 Å². The molecule has 1 aromatic heterocycles. The van der Waals surface area contributed by atoms with Gasteiger partial charge in [0, 0.05) is 18.1 Å². The fourth-order valence-corrected chi connectivity index (χ4v) is 1.96. The third-order valence-corrected chi connectivity index (χ3v) is 3.15. The zero-order chi connectivity index (χ0) is 12.5. The van der Waals surface area contributed by atoms with Crippen molar-refractivity contribution in [3.05, 3.63) is 53.1 Å². The van der Waals surface area contributed by atoms with E-state index < -0.39 is 0 Å². The van der Waals surface area contributed by atoms with Gasteiger partial charge in [0.15, 0.2) is 5.84 Å². The number of fused-ring (bicyclic) bond motifs is 1. The monoisotopic (exact) mass is 238 g/mol. The normalized spacial score (nSPS) is 13.1. The summed E-state index contributed by atoms with van der Waals surface area (Å²) in [7, 11) is 0. The Balaban J connectivity index is 1.88. The lowest BCUT2D eigenvalue weighted by Crippen LogP contribution is -2.13. The number of nitrogens with zero attached hydrogens (tertiary/aromatic N) is 3. The van der Waals surface area contributed by atoms with Crippen LogP contribution in [-0.2, 0) is 6.54 Å². The van der Waals surface area contributed by atoms with Crippen molar-refractivity contribution < 1.29 is 0 Å². The molecule has 2 aromatic rings. The second kappa shape index (κ2) is 4.22. The molecule has 0 fully saturated rings. The zero-order valence-corrected chi connectivity index (χ0v) is 10.4. The maximum atomic E-state index is 4.43. The predicted octanol–water partition coefficient (Wildman–Crippen LogP) is 2.47. The smallest absolute Gasteiger partial charge is 0.154 e. The second-order valence-corrected chi connectivity index (χ2v) is 4.44. The number of anilines is 1. The summed E-state index contributed by atoms with van der Waals surface area (Å²) >= 11 is 0. The standard InChI is InChI=1S/C14H14N4/c1-9-3-4-11(7-10(9)2)18-14-13-12(8-17-14)15-5-6-16-13/h3-7H,8H2,1-2H3,(H,17,18). The highest BCUT2D eigenvalue weighted by atomic mass is 15.1. The molecule has 2 heterocycles. The summed E-state index contributed by atoms with van der Waals surface area (Å²) in [6.07, 6.45) is 3.40. The summed E-state index contributed by atoms with van der Waals surface area (Å²) in [4.78, 5) is 13.0. The Morgan fingerprint density at radius 1 is 1.06 bits per heavy atom. The Hall–Kier alpha value is -2.23. The molecular formula is C14H14N4. The quantitative estimate of drug-likeness (QED) is 0.830. The molecule has 0 amide bonds. The van der Waals surface area contributed by atoms with Crippen LogP contribution in [0, 0.1) is 13.8 Å². The van der Waals surface area contributed by atoms with Gasteiger partial charge in [0.25, 0.3) is 0 Å². The van der Waals surface area contributed by atoms with Crippen LogP contribution in [-0.4, -0.2) is 15.8 Å². The van der Waals surface area contributed by atoms with E-state index in [0.717, 1.165) is 22.9 Å². The molecule has 0 unspecified atom stereocenters. The van der Waals surface area contributed by atoms with Gasteiger partial charge in [-0.2, -0.15) is 0 Å². The highest BCUT2D eigenvalue weighted by molar-refractivity contribution is 6.09. The molecule has 0 radical (unpaired) electrons. The third-order valence-electron chi connectivity index (χ3n) is 3.15. The van der Waals surface area contributed by atoms with Crippen LogP contribution in [0.25, 0.3) is 0 Å². The number of aromatic nitrogens is 2. The zero-order valence-electron chi connectivity index (χ0n) is 10.4. The van der Waals surface area contributed by atoms with Crippen LogP contribution in [0.2, 0.25) is 0 Å². The van der Waals surface area contributed by atoms with Gasteiger partial charge in [-0.05, 0) is 37.1 Å². The van der Waals surface area contributed by atoms with Crippen molar-refractivity contribution in [2.75, 3.05) is 5.32 Å². The van der Waals surface area contributed by atoms with Crippen molar-refractivity contribution in [3.63, 3.8) is 0 Å². The van der Waals surface area contributed by atoms with Crippen LogP contribution in [0.4, 0.5) is 5.69 Å². The minimum atomic E-state index is 0.607. The average Bonchev–Trinajstić information content (AvgIpc) is 2.78. The number of hydrogen-bond acceptors (Lipinski definition) is 4. The lowest BCUT2D eigenvalue weighted by atomic mass is 10.1. The number of benzene rings is 1. The first-order valence-corrected chi connectivity index (χ1v) is 5.93. The number of nitrogens with one attached hydrogen (secondary N) is 1. The minimum absolute atomic E-state index is 0.607. The van der Waals surface area contributed by atoms with Gasteiger partial charge in [-0.1, -0.05) is 6.07 Å². The molecule has 4 heteroatoms. The van der Waals surface area contributed by atoms with E-state index in [-0.39, 0.29) is 0 Å². The molecule has 1 aromatic carbocycles. The molecule has 0 saturated heterocycles. The first-order valence-electron chi connectivity index (χ1n) is 5.93. The first-order chi connectivity index (χ1) is 8.74. The summed E-state index contributed by atoms with van der Waals surface area (Å²) in [5.74, 6) is 0.807. The molecule has 0 atom stereocenters. The molecule has 0 saturated carbocycles. The van der Waals surface area contributed by atoms with Gasteiger partial charge in [-0.15, -0.1) is 0 Å². The van der Waals surface area contributed by atoms with Crippen molar-refractivity contribution in [1.29, 1.82) is 0 Å². The Morgan fingerprint density at radius 3 is 2.72 bits per heavy atom. The predicted molar refractivity (Wildman–Crippen MR) is 71.8 cm³/mol. The average molecular weight is 238 g/mol. The molecule has 1 N–H and O–H groups in total.